The Morgan fingerprint density at radius 1 is 0.846 bits per heavy atom. The Morgan fingerprint density at radius 3 is 2.31 bits per heavy atom. The van der Waals surface area contributed by atoms with Gasteiger partial charge in [-0.3, -0.25) is 0 Å². The molecule has 2 rings (SSSR count). The molecule has 0 aliphatic carbocycles. The summed E-state index contributed by atoms with van der Waals surface area (Å²) in [5.41, 5.74) is 1.86. The fraction of sp³-hybridized carbons (Fsp3) is 0.391. The summed E-state index contributed by atoms with van der Waals surface area (Å²) < 4.78 is 5.88. The third-order valence-corrected chi connectivity index (χ3v) is 4.45. The second-order valence-corrected chi connectivity index (χ2v) is 6.52. The Hall–Kier alpha value is -2.78. The minimum Gasteiger partial charge on any atom is -0.456 e. The zero-order valence-electron chi connectivity index (χ0n) is 15.5. The lowest BCUT2D eigenvalue weighted by molar-refractivity contribution is 0.480. The van der Waals surface area contributed by atoms with E-state index in [9.17, 15) is 5.26 Å². The molecule has 0 radical (unpaired) electrons. The molecule has 0 fully saturated rings. The Labute approximate surface area is 156 Å². The first-order valence-corrected chi connectivity index (χ1v) is 9.48. The SMILES string of the molecule is CCCCCCCCCc1cccc(Oc2cccc(C#N)c2C#N)c1. The molecule has 0 bridgehead atoms. The molecule has 26 heavy (non-hydrogen) atoms. The van der Waals surface area contributed by atoms with E-state index in [2.05, 4.69) is 19.1 Å². The minimum atomic E-state index is 0.285. The standard InChI is InChI=1S/C23H26N2O/c1-2-3-4-5-6-7-8-11-19-12-9-14-21(16-19)26-23-15-10-13-20(17-24)22(23)18-25/h9-10,12-16H,2-8,11H2,1H3. The molecule has 0 aliphatic heterocycles. The maximum Gasteiger partial charge on any atom is 0.146 e. The van der Waals surface area contributed by atoms with Gasteiger partial charge in [0, 0.05) is 0 Å². The highest BCUT2D eigenvalue weighted by atomic mass is 16.5. The molecule has 134 valence electrons. The number of hydrogen-bond acceptors (Lipinski definition) is 3. The van der Waals surface area contributed by atoms with E-state index in [1.807, 2.05) is 24.3 Å². The Balaban J connectivity index is 1.92. The molecule has 0 aromatic heterocycles. The van der Waals surface area contributed by atoms with Crippen molar-refractivity contribution in [2.45, 2.75) is 58.3 Å². The van der Waals surface area contributed by atoms with Crippen LogP contribution in [0.4, 0.5) is 0 Å². The van der Waals surface area contributed by atoms with Gasteiger partial charge in [-0.25, -0.2) is 0 Å². The van der Waals surface area contributed by atoms with Gasteiger partial charge in [-0.1, -0.05) is 63.6 Å². The first-order chi connectivity index (χ1) is 12.8. The van der Waals surface area contributed by atoms with E-state index in [-0.39, 0.29) is 5.56 Å². The molecule has 0 N–H and O–H groups in total. The topological polar surface area (TPSA) is 56.8 Å². The fourth-order valence-corrected chi connectivity index (χ4v) is 3.00. The van der Waals surface area contributed by atoms with Crippen molar-refractivity contribution in [2.24, 2.45) is 0 Å². The van der Waals surface area contributed by atoms with Crippen molar-refractivity contribution in [3.8, 4) is 23.6 Å². The van der Waals surface area contributed by atoms with Gasteiger partial charge in [0.1, 0.15) is 29.2 Å². The third-order valence-electron chi connectivity index (χ3n) is 4.45. The summed E-state index contributed by atoms with van der Waals surface area (Å²) in [6.07, 6.45) is 10.1. The summed E-state index contributed by atoms with van der Waals surface area (Å²) in [5.74, 6) is 1.14. The number of ether oxygens (including phenoxy) is 1. The van der Waals surface area contributed by atoms with Crippen molar-refractivity contribution in [1.82, 2.24) is 0 Å². The van der Waals surface area contributed by atoms with Gasteiger partial charge in [-0.15, -0.1) is 0 Å². The monoisotopic (exact) mass is 346 g/mol. The molecule has 0 amide bonds. The molecular weight excluding hydrogens is 320 g/mol. The summed E-state index contributed by atoms with van der Waals surface area (Å²) in [6, 6.07) is 17.2. The molecule has 0 saturated heterocycles. The van der Waals surface area contributed by atoms with Crippen molar-refractivity contribution in [3.05, 3.63) is 59.2 Å². The number of nitrogens with zero attached hydrogens (tertiary/aromatic N) is 2. The summed E-state index contributed by atoms with van der Waals surface area (Å²) in [6.45, 7) is 2.24. The van der Waals surface area contributed by atoms with E-state index in [0.29, 0.717) is 17.1 Å². The van der Waals surface area contributed by atoms with Crippen LogP contribution in [-0.2, 0) is 6.42 Å². The molecule has 0 aliphatic rings. The van der Waals surface area contributed by atoms with Gasteiger partial charge in [0.05, 0.1) is 5.56 Å². The lowest BCUT2D eigenvalue weighted by Gasteiger charge is -2.10. The lowest BCUT2D eigenvalue weighted by atomic mass is 10.0. The van der Waals surface area contributed by atoms with Gasteiger partial charge in [-0.2, -0.15) is 10.5 Å². The smallest absolute Gasteiger partial charge is 0.146 e. The van der Waals surface area contributed by atoms with E-state index in [1.54, 1.807) is 18.2 Å². The van der Waals surface area contributed by atoms with Crippen LogP contribution in [0.25, 0.3) is 0 Å². The number of rotatable bonds is 10. The van der Waals surface area contributed by atoms with Gasteiger partial charge in [0.2, 0.25) is 0 Å². The summed E-state index contributed by atoms with van der Waals surface area (Å²) in [7, 11) is 0. The van der Waals surface area contributed by atoms with Crippen LogP contribution >= 0.6 is 0 Å². The number of nitriles is 2. The van der Waals surface area contributed by atoms with Crippen molar-refractivity contribution >= 4 is 0 Å². The highest BCUT2D eigenvalue weighted by Crippen LogP contribution is 2.28. The Kier molecular flexibility index (Phi) is 8.24. The lowest BCUT2D eigenvalue weighted by Crippen LogP contribution is -1.93. The first kappa shape index (κ1) is 19.5. The van der Waals surface area contributed by atoms with Gasteiger partial charge < -0.3 is 4.74 Å². The molecule has 2 aromatic carbocycles. The van der Waals surface area contributed by atoms with Crippen LogP contribution in [0.15, 0.2) is 42.5 Å². The molecule has 0 saturated carbocycles. The molecular formula is C23H26N2O. The van der Waals surface area contributed by atoms with Crippen molar-refractivity contribution in [1.29, 1.82) is 10.5 Å². The van der Waals surface area contributed by atoms with E-state index < -0.39 is 0 Å². The molecule has 3 nitrogen and oxygen atoms in total. The minimum absolute atomic E-state index is 0.285. The molecule has 2 aromatic rings. The van der Waals surface area contributed by atoms with Crippen LogP contribution in [0.2, 0.25) is 0 Å². The highest BCUT2D eigenvalue weighted by molar-refractivity contribution is 5.55. The Morgan fingerprint density at radius 2 is 1.58 bits per heavy atom. The summed E-state index contributed by atoms with van der Waals surface area (Å²) >= 11 is 0. The normalized spacial score (nSPS) is 10.1. The van der Waals surface area contributed by atoms with Crippen LogP contribution in [0.3, 0.4) is 0 Å². The van der Waals surface area contributed by atoms with Crippen LogP contribution in [-0.4, -0.2) is 0 Å². The summed E-state index contributed by atoms with van der Waals surface area (Å²) in [4.78, 5) is 0. The van der Waals surface area contributed by atoms with Gasteiger partial charge in [-0.05, 0) is 42.7 Å². The van der Waals surface area contributed by atoms with Crippen LogP contribution in [0.5, 0.6) is 11.5 Å². The third kappa shape index (κ3) is 5.94. The average molecular weight is 346 g/mol. The number of benzene rings is 2. The predicted octanol–water partition coefficient (Wildman–Crippen LogP) is 6.52. The zero-order chi connectivity index (χ0) is 18.6. The van der Waals surface area contributed by atoms with Gasteiger partial charge >= 0.3 is 0 Å². The zero-order valence-corrected chi connectivity index (χ0v) is 15.5. The maximum absolute atomic E-state index is 9.30. The average Bonchev–Trinajstić information content (AvgIpc) is 2.67. The molecule has 3 heteroatoms. The Bertz CT molecular complexity index is 784. The molecule has 0 spiro atoms. The second-order valence-electron chi connectivity index (χ2n) is 6.52. The molecule has 0 heterocycles. The van der Waals surface area contributed by atoms with E-state index in [4.69, 9.17) is 10.00 Å². The predicted molar refractivity (Wildman–Crippen MR) is 104 cm³/mol. The van der Waals surface area contributed by atoms with E-state index in [1.165, 1.54) is 50.5 Å². The molecule has 0 atom stereocenters. The number of hydrogen-bond donors (Lipinski definition) is 0. The largest absolute Gasteiger partial charge is 0.456 e. The van der Waals surface area contributed by atoms with Crippen LogP contribution in [0, 0.1) is 22.7 Å². The summed E-state index contributed by atoms with van der Waals surface area (Å²) in [5, 5.41) is 18.4. The van der Waals surface area contributed by atoms with Crippen molar-refractivity contribution in [2.75, 3.05) is 0 Å². The quantitative estimate of drug-likeness (QED) is 0.460. The van der Waals surface area contributed by atoms with Crippen LogP contribution in [0.1, 0.15) is 68.6 Å². The highest BCUT2D eigenvalue weighted by Gasteiger charge is 2.10. The number of unbranched alkanes of at least 4 members (excludes halogenated alkanes) is 6. The second kappa shape index (κ2) is 11.0. The van der Waals surface area contributed by atoms with E-state index >= 15 is 0 Å². The first-order valence-electron chi connectivity index (χ1n) is 9.48. The number of aryl methyl sites for hydroxylation is 1. The maximum atomic E-state index is 9.30. The van der Waals surface area contributed by atoms with Crippen molar-refractivity contribution < 1.29 is 4.74 Å². The van der Waals surface area contributed by atoms with Crippen LogP contribution < -0.4 is 4.74 Å². The molecule has 0 unspecified atom stereocenters. The van der Waals surface area contributed by atoms with Gasteiger partial charge in [0.25, 0.3) is 0 Å². The fourth-order valence-electron chi connectivity index (χ4n) is 3.00. The van der Waals surface area contributed by atoms with Gasteiger partial charge in [0.15, 0.2) is 0 Å². The van der Waals surface area contributed by atoms with E-state index in [0.717, 1.165) is 6.42 Å². The van der Waals surface area contributed by atoms with Crippen molar-refractivity contribution in [3.63, 3.8) is 0 Å².